The number of ether oxygens (including phenoxy) is 1. The van der Waals surface area contributed by atoms with E-state index in [0.717, 1.165) is 29.6 Å². The van der Waals surface area contributed by atoms with Gasteiger partial charge in [0.15, 0.2) is 0 Å². The minimum Gasteiger partial charge on any atom is -0.493 e. The number of benzene rings is 1. The zero-order chi connectivity index (χ0) is 9.26. The zero-order valence-electron chi connectivity index (χ0n) is 7.47. The summed E-state index contributed by atoms with van der Waals surface area (Å²) in [5, 5.41) is 0.827. The molecule has 0 aliphatic carbocycles. The van der Waals surface area contributed by atoms with Gasteiger partial charge in [0, 0.05) is 22.8 Å². The third kappa shape index (κ3) is 1.79. The van der Waals surface area contributed by atoms with Gasteiger partial charge in [0.1, 0.15) is 5.75 Å². The van der Waals surface area contributed by atoms with Crippen molar-refractivity contribution in [2.24, 2.45) is 0 Å². The van der Waals surface area contributed by atoms with E-state index >= 15 is 0 Å². The standard InChI is InChI=1S/C10H11ClOS/c1-13-6-8-5-9(11)4-7-2-3-12-10(7)8/h4-5H,2-3,6H2,1H3. The summed E-state index contributed by atoms with van der Waals surface area (Å²) in [7, 11) is 0. The van der Waals surface area contributed by atoms with Crippen LogP contribution >= 0.6 is 23.4 Å². The van der Waals surface area contributed by atoms with E-state index in [1.54, 1.807) is 11.8 Å². The first-order valence-electron chi connectivity index (χ1n) is 4.24. The van der Waals surface area contributed by atoms with Crippen LogP contribution in [-0.4, -0.2) is 12.9 Å². The summed E-state index contributed by atoms with van der Waals surface area (Å²) in [5.41, 5.74) is 2.49. The number of thioether (sulfide) groups is 1. The predicted molar refractivity (Wildman–Crippen MR) is 57.9 cm³/mol. The normalized spacial score (nSPS) is 14.0. The Kier molecular flexibility index (Phi) is 2.70. The molecule has 1 aromatic rings. The molecule has 1 heterocycles. The van der Waals surface area contributed by atoms with Crippen molar-refractivity contribution in [1.29, 1.82) is 0 Å². The number of halogens is 1. The molecule has 0 radical (unpaired) electrons. The lowest BCUT2D eigenvalue weighted by molar-refractivity contribution is 0.354. The maximum absolute atomic E-state index is 6.00. The van der Waals surface area contributed by atoms with Crippen molar-refractivity contribution in [3.63, 3.8) is 0 Å². The lowest BCUT2D eigenvalue weighted by Gasteiger charge is -2.06. The molecule has 70 valence electrons. The van der Waals surface area contributed by atoms with Gasteiger partial charge in [-0.05, 0) is 24.0 Å². The summed E-state index contributed by atoms with van der Waals surface area (Å²) in [6.45, 7) is 0.803. The van der Waals surface area contributed by atoms with Gasteiger partial charge in [0.2, 0.25) is 0 Å². The highest BCUT2D eigenvalue weighted by Crippen LogP contribution is 2.34. The molecule has 1 aliphatic rings. The molecular weight excluding hydrogens is 204 g/mol. The average molecular weight is 215 g/mol. The third-order valence-electron chi connectivity index (χ3n) is 2.13. The molecule has 0 N–H and O–H groups in total. The summed E-state index contributed by atoms with van der Waals surface area (Å²) in [6, 6.07) is 4.01. The molecule has 0 fully saturated rings. The molecule has 13 heavy (non-hydrogen) atoms. The quantitative estimate of drug-likeness (QED) is 0.748. The van der Waals surface area contributed by atoms with Crippen LogP contribution in [0.2, 0.25) is 5.02 Å². The average Bonchev–Trinajstić information content (AvgIpc) is 2.52. The lowest BCUT2D eigenvalue weighted by atomic mass is 10.1. The summed E-state index contributed by atoms with van der Waals surface area (Å²) < 4.78 is 5.57. The van der Waals surface area contributed by atoms with Crippen LogP contribution in [0.4, 0.5) is 0 Å². The fraction of sp³-hybridized carbons (Fsp3) is 0.400. The van der Waals surface area contributed by atoms with Crippen LogP contribution in [0, 0.1) is 0 Å². The minimum atomic E-state index is 0.803. The Bertz CT molecular complexity index is 325. The van der Waals surface area contributed by atoms with Crippen molar-refractivity contribution in [3.8, 4) is 5.75 Å². The van der Waals surface area contributed by atoms with E-state index in [1.165, 1.54) is 11.1 Å². The van der Waals surface area contributed by atoms with Gasteiger partial charge in [-0.1, -0.05) is 11.6 Å². The molecular formula is C10H11ClOS. The lowest BCUT2D eigenvalue weighted by Crippen LogP contribution is -1.90. The topological polar surface area (TPSA) is 9.23 Å². The van der Waals surface area contributed by atoms with Gasteiger partial charge in [-0.2, -0.15) is 11.8 Å². The van der Waals surface area contributed by atoms with Gasteiger partial charge in [-0.3, -0.25) is 0 Å². The maximum Gasteiger partial charge on any atom is 0.126 e. The van der Waals surface area contributed by atoms with Crippen LogP contribution < -0.4 is 4.74 Å². The number of hydrogen-bond acceptors (Lipinski definition) is 2. The summed E-state index contributed by atoms with van der Waals surface area (Å²) in [6.07, 6.45) is 3.08. The Morgan fingerprint density at radius 1 is 1.54 bits per heavy atom. The van der Waals surface area contributed by atoms with Crippen molar-refractivity contribution >= 4 is 23.4 Å². The first-order chi connectivity index (χ1) is 6.31. The second-order valence-corrected chi connectivity index (χ2v) is 4.39. The monoisotopic (exact) mass is 214 g/mol. The van der Waals surface area contributed by atoms with Gasteiger partial charge in [-0.15, -0.1) is 0 Å². The fourth-order valence-electron chi connectivity index (χ4n) is 1.61. The largest absolute Gasteiger partial charge is 0.493 e. The number of hydrogen-bond donors (Lipinski definition) is 0. The molecule has 0 saturated carbocycles. The van der Waals surface area contributed by atoms with Gasteiger partial charge in [-0.25, -0.2) is 0 Å². The maximum atomic E-state index is 6.00. The van der Waals surface area contributed by atoms with E-state index in [0.29, 0.717) is 0 Å². The highest BCUT2D eigenvalue weighted by molar-refractivity contribution is 7.97. The van der Waals surface area contributed by atoms with Gasteiger partial charge in [0.25, 0.3) is 0 Å². The van der Waals surface area contributed by atoms with E-state index in [2.05, 4.69) is 6.26 Å². The van der Waals surface area contributed by atoms with Crippen molar-refractivity contribution in [1.82, 2.24) is 0 Å². The molecule has 0 unspecified atom stereocenters. The first kappa shape index (κ1) is 9.22. The smallest absolute Gasteiger partial charge is 0.126 e. The van der Waals surface area contributed by atoms with Crippen LogP contribution in [-0.2, 0) is 12.2 Å². The van der Waals surface area contributed by atoms with Crippen LogP contribution in [0.25, 0.3) is 0 Å². The molecule has 3 heteroatoms. The Hall–Kier alpha value is -0.340. The molecule has 0 atom stereocenters. The van der Waals surface area contributed by atoms with Crippen LogP contribution in [0.1, 0.15) is 11.1 Å². The number of fused-ring (bicyclic) bond motifs is 1. The van der Waals surface area contributed by atoms with Gasteiger partial charge < -0.3 is 4.74 Å². The van der Waals surface area contributed by atoms with Crippen molar-refractivity contribution in [2.45, 2.75) is 12.2 Å². The Morgan fingerprint density at radius 2 is 2.38 bits per heavy atom. The molecule has 0 aromatic heterocycles. The van der Waals surface area contributed by atoms with Crippen molar-refractivity contribution in [3.05, 3.63) is 28.3 Å². The zero-order valence-corrected chi connectivity index (χ0v) is 9.04. The van der Waals surface area contributed by atoms with E-state index in [1.807, 2.05) is 12.1 Å². The summed E-state index contributed by atoms with van der Waals surface area (Å²) in [5.74, 6) is 2.04. The van der Waals surface area contributed by atoms with Gasteiger partial charge in [0.05, 0.1) is 6.61 Å². The Morgan fingerprint density at radius 3 is 3.15 bits per heavy atom. The van der Waals surface area contributed by atoms with Crippen LogP contribution in [0.5, 0.6) is 5.75 Å². The van der Waals surface area contributed by atoms with E-state index in [4.69, 9.17) is 16.3 Å². The molecule has 2 rings (SSSR count). The molecule has 0 bridgehead atoms. The predicted octanol–water partition coefficient (Wildman–Crippen LogP) is 3.14. The second kappa shape index (κ2) is 3.81. The van der Waals surface area contributed by atoms with E-state index in [-0.39, 0.29) is 0 Å². The molecule has 1 aromatic carbocycles. The van der Waals surface area contributed by atoms with Crippen molar-refractivity contribution in [2.75, 3.05) is 12.9 Å². The van der Waals surface area contributed by atoms with Crippen molar-refractivity contribution < 1.29 is 4.74 Å². The molecule has 1 aliphatic heterocycles. The second-order valence-electron chi connectivity index (χ2n) is 3.08. The Labute approximate surface area is 87.4 Å². The highest BCUT2D eigenvalue weighted by atomic mass is 35.5. The highest BCUT2D eigenvalue weighted by Gasteiger charge is 2.16. The van der Waals surface area contributed by atoms with Crippen LogP contribution in [0.15, 0.2) is 12.1 Å². The summed E-state index contributed by atoms with van der Waals surface area (Å²) in [4.78, 5) is 0. The Balaban J connectivity index is 2.43. The third-order valence-corrected chi connectivity index (χ3v) is 2.94. The molecule has 1 nitrogen and oxygen atoms in total. The fourth-order valence-corrected chi connectivity index (χ4v) is 2.40. The van der Waals surface area contributed by atoms with Gasteiger partial charge >= 0.3 is 0 Å². The molecule has 0 saturated heterocycles. The minimum absolute atomic E-state index is 0.803. The first-order valence-corrected chi connectivity index (χ1v) is 6.01. The molecule has 0 spiro atoms. The number of rotatable bonds is 2. The SMILES string of the molecule is CSCc1cc(Cl)cc2c1OCC2. The van der Waals surface area contributed by atoms with Crippen LogP contribution in [0.3, 0.4) is 0 Å². The van der Waals surface area contributed by atoms with E-state index in [9.17, 15) is 0 Å². The summed E-state index contributed by atoms with van der Waals surface area (Å²) >= 11 is 7.79. The molecule has 0 amide bonds. The van der Waals surface area contributed by atoms with E-state index < -0.39 is 0 Å².